The predicted molar refractivity (Wildman–Crippen MR) is 377 cm³/mol. The van der Waals surface area contributed by atoms with Gasteiger partial charge >= 0.3 is 0 Å². The lowest BCUT2D eigenvalue weighted by molar-refractivity contribution is -0.140. The molecule has 0 saturated carbocycles. The number of Topliss-reactive ketones (excluding diaryl/α,β-unsaturated/α-hetero) is 1. The normalized spacial score (nSPS) is 16.0. The van der Waals surface area contributed by atoms with Crippen molar-refractivity contribution in [2.24, 2.45) is 11.5 Å². The number of primary amides is 2. The Labute approximate surface area is 581 Å². The number of ketones is 1. The Morgan fingerprint density at radius 2 is 0.792 bits per heavy atom. The van der Waals surface area contributed by atoms with E-state index in [0.717, 1.165) is 71.8 Å². The van der Waals surface area contributed by atoms with Crippen molar-refractivity contribution in [3.05, 3.63) is 0 Å². The summed E-state index contributed by atoms with van der Waals surface area (Å²) in [7, 11) is 3.28. The SMILES string of the molecule is CCCCCCCCCCCCCC(=O)NCCCC[C@H](NC)C(=O)N[C@@H](CSC1CC(=O)N(CCC(=O)CCCOCCOCCNC(=O)CCN2C(=O)CC(SC[C@H](NC(=O)[C@H](CCCCNC(=O)CCCCCCCCCCCCC)NC)C(N)=O)C2=O)C1=O)C(N)=O. The van der Waals surface area contributed by atoms with Gasteiger partial charge in [-0.25, -0.2) is 0 Å². The van der Waals surface area contributed by atoms with Crippen molar-refractivity contribution in [1.82, 2.24) is 47.0 Å². The van der Waals surface area contributed by atoms with Crippen molar-refractivity contribution in [2.75, 3.05) is 84.8 Å². The molecule has 11 amide bonds. The Balaban J connectivity index is 1.53. The van der Waals surface area contributed by atoms with Gasteiger partial charge in [0.05, 0.1) is 42.4 Å². The van der Waals surface area contributed by atoms with Crippen LogP contribution in [0.15, 0.2) is 0 Å². The highest BCUT2D eigenvalue weighted by Gasteiger charge is 2.41. The van der Waals surface area contributed by atoms with Gasteiger partial charge in [-0.15, -0.1) is 23.5 Å². The number of carbonyl (C=O) groups is 12. The van der Waals surface area contributed by atoms with E-state index in [1.165, 1.54) is 103 Å². The van der Waals surface area contributed by atoms with Gasteiger partial charge in [0.15, 0.2) is 0 Å². The molecule has 0 spiro atoms. The van der Waals surface area contributed by atoms with E-state index >= 15 is 0 Å². The van der Waals surface area contributed by atoms with E-state index < -0.39 is 87.8 Å². The minimum absolute atomic E-state index is 0.0300. The standard InChI is InChI=1S/C69H123N11O14S2/c1-5-7-9-11-13-15-17-19-21-23-25-35-59(82)74-39-29-27-33-53(72-3)66(89)77-55(64(70)87)50-95-57-48-62(85)79(68(57)91)42-37-52(81)32-31-44-93-46-47-94-45-41-76-61(84)38-43-80-63(86)49-58(69(80)92)96-51-56(65(71)88)78-67(90)54(73-4)34-28-30-40-75-60(83)36-26-24-22-20-18-16-14-12-10-8-6-2/h53-58,72-73H,5-51H2,1-4H3,(H2,70,87)(H2,71,88)(H,74,82)(H,75,83)(H,76,84)(H,77,89)(H,78,90)/t53-,54-,55-,56-,57?,58?/m0/s1. The van der Waals surface area contributed by atoms with Crippen molar-refractivity contribution in [3.63, 3.8) is 0 Å². The van der Waals surface area contributed by atoms with Crippen LogP contribution in [0.1, 0.15) is 245 Å². The third-order valence-electron chi connectivity index (χ3n) is 17.3. The fraction of sp³-hybridized carbons (Fsp3) is 0.826. The van der Waals surface area contributed by atoms with E-state index in [1.807, 2.05) is 0 Å². The van der Waals surface area contributed by atoms with Crippen molar-refractivity contribution in [1.29, 1.82) is 0 Å². The summed E-state index contributed by atoms with van der Waals surface area (Å²) in [5.41, 5.74) is 11.3. The molecule has 2 unspecified atom stereocenters. The Morgan fingerprint density at radius 3 is 1.19 bits per heavy atom. The topological polar surface area (TPSA) is 366 Å². The summed E-state index contributed by atoms with van der Waals surface area (Å²) in [4.78, 5) is 155. The molecule has 2 heterocycles. The van der Waals surface area contributed by atoms with Crippen LogP contribution >= 0.6 is 23.5 Å². The second-order valence-corrected chi connectivity index (χ2v) is 27.9. The number of ether oxygens (including phenoxy) is 2. The minimum Gasteiger partial charge on any atom is -0.379 e. The fourth-order valence-corrected chi connectivity index (χ4v) is 13.7. The molecule has 0 aliphatic carbocycles. The maximum atomic E-state index is 13.2. The van der Waals surface area contributed by atoms with Crippen LogP contribution in [0.2, 0.25) is 0 Å². The summed E-state index contributed by atoms with van der Waals surface area (Å²) >= 11 is 2.09. The summed E-state index contributed by atoms with van der Waals surface area (Å²) in [6, 6.07) is -3.44. The second-order valence-electron chi connectivity index (χ2n) is 25.4. The predicted octanol–water partition coefficient (Wildman–Crippen LogP) is 6.08. The number of rotatable bonds is 64. The van der Waals surface area contributed by atoms with Crippen LogP contribution in [-0.4, -0.2) is 200 Å². The molecule has 550 valence electrons. The molecule has 2 aliphatic heterocycles. The first-order valence-electron chi connectivity index (χ1n) is 36.3. The summed E-state index contributed by atoms with van der Waals surface area (Å²) in [6.07, 6.45) is 31.6. The zero-order chi connectivity index (χ0) is 70.6. The van der Waals surface area contributed by atoms with Gasteiger partial charge in [0.2, 0.25) is 65.0 Å². The van der Waals surface area contributed by atoms with Crippen molar-refractivity contribution in [3.8, 4) is 0 Å². The van der Waals surface area contributed by atoms with Crippen molar-refractivity contribution in [2.45, 2.75) is 280 Å². The Hall–Kier alpha value is -5.22. The van der Waals surface area contributed by atoms with Gasteiger partial charge in [-0.2, -0.15) is 0 Å². The average Bonchev–Trinajstić information content (AvgIpc) is 1.75. The summed E-state index contributed by atoms with van der Waals surface area (Å²) in [6.45, 7) is 6.27. The maximum Gasteiger partial charge on any atom is 0.242 e. The van der Waals surface area contributed by atoms with Gasteiger partial charge < -0.3 is 58.2 Å². The molecule has 96 heavy (non-hydrogen) atoms. The second kappa shape index (κ2) is 55.6. The molecule has 2 rings (SSSR count). The zero-order valence-electron chi connectivity index (χ0n) is 58.8. The number of nitrogens with two attached hydrogens (primary N) is 2. The largest absolute Gasteiger partial charge is 0.379 e. The summed E-state index contributed by atoms with van der Waals surface area (Å²) in [5, 5.41) is 18.3. The van der Waals surface area contributed by atoms with Crippen LogP contribution in [-0.2, 0) is 67.0 Å². The number of amides is 11. The number of imide groups is 2. The monoisotopic (exact) mass is 1390 g/mol. The Morgan fingerprint density at radius 1 is 0.427 bits per heavy atom. The number of hydrogen-bond donors (Lipinski definition) is 9. The highest BCUT2D eigenvalue weighted by Crippen LogP contribution is 2.28. The molecule has 0 aromatic carbocycles. The molecule has 0 aromatic rings. The van der Waals surface area contributed by atoms with Crippen LogP contribution < -0.4 is 48.7 Å². The van der Waals surface area contributed by atoms with Crippen LogP contribution in [0.4, 0.5) is 0 Å². The van der Waals surface area contributed by atoms with Crippen LogP contribution in [0, 0.1) is 0 Å². The van der Waals surface area contributed by atoms with Crippen LogP contribution in [0.3, 0.4) is 0 Å². The molecule has 2 fully saturated rings. The zero-order valence-corrected chi connectivity index (χ0v) is 60.4. The molecule has 6 atom stereocenters. The summed E-state index contributed by atoms with van der Waals surface area (Å²) in [5.74, 6) is -4.85. The molecule has 11 N–H and O–H groups in total. The molecule has 25 nitrogen and oxygen atoms in total. The average molecular weight is 1390 g/mol. The van der Waals surface area contributed by atoms with Gasteiger partial charge in [-0.1, -0.05) is 142 Å². The fourth-order valence-electron chi connectivity index (χ4n) is 11.3. The van der Waals surface area contributed by atoms with E-state index in [-0.39, 0.29) is 107 Å². The van der Waals surface area contributed by atoms with Crippen molar-refractivity contribution < 1.29 is 67.0 Å². The highest BCUT2D eigenvalue weighted by molar-refractivity contribution is 8.01. The molecular formula is C69H123N11O14S2. The third-order valence-corrected chi connectivity index (χ3v) is 19.9. The number of nitrogens with zero attached hydrogens (tertiary/aromatic N) is 2. The number of thioether (sulfide) groups is 2. The molecule has 27 heteroatoms. The van der Waals surface area contributed by atoms with E-state index in [2.05, 4.69) is 51.1 Å². The molecule has 2 saturated heterocycles. The number of unbranched alkanes of at least 4 members (excludes halogenated alkanes) is 22. The van der Waals surface area contributed by atoms with E-state index in [4.69, 9.17) is 20.9 Å². The van der Waals surface area contributed by atoms with Gasteiger partial charge in [0.1, 0.15) is 17.9 Å². The number of carbonyl (C=O) groups excluding carboxylic acids is 12. The lowest BCUT2D eigenvalue weighted by atomic mass is 10.1. The number of likely N-dealkylation sites (N-methyl/N-ethyl adjacent to an activating group) is 2. The number of hydrogen-bond acceptors (Lipinski definition) is 18. The highest BCUT2D eigenvalue weighted by atomic mass is 32.2. The molecule has 2 aliphatic rings. The first-order valence-corrected chi connectivity index (χ1v) is 38.4. The van der Waals surface area contributed by atoms with E-state index in [1.54, 1.807) is 14.1 Å². The Kier molecular flexibility index (Phi) is 50.3. The van der Waals surface area contributed by atoms with Gasteiger partial charge in [-0.05, 0) is 71.9 Å². The van der Waals surface area contributed by atoms with Crippen molar-refractivity contribution >= 4 is 94.3 Å². The Bertz CT molecular complexity index is 2150. The first-order chi connectivity index (χ1) is 46.4. The molecular weight excluding hydrogens is 1270 g/mol. The number of likely N-dealkylation sites (tertiary alicyclic amines) is 2. The van der Waals surface area contributed by atoms with Gasteiger partial charge in [-0.3, -0.25) is 67.3 Å². The maximum absolute atomic E-state index is 13.2. The molecule has 0 aromatic heterocycles. The smallest absolute Gasteiger partial charge is 0.242 e. The molecule has 0 radical (unpaired) electrons. The van der Waals surface area contributed by atoms with Crippen LogP contribution in [0.5, 0.6) is 0 Å². The third kappa shape index (κ3) is 40.6. The van der Waals surface area contributed by atoms with Gasteiger partial charge in [0.25, 0.3) is 0 Å². The number of nitrogens with one attached hydrogen (secondary N) is 7. The first kappa shape index (κ1) is 86.9. The lowest BCUT2D eigenvalue weighted by Crippen LogP contribution is -2.52. The minimum atomic E-state index is -1.10. The quantitative estimate of drug-likeness (QED) is 0.0246. The lowest BCUT2D eigenvalue weighted by Gasteiger charge is -2.21. The van der Waals surface area contributed by atoms with Gasteiger partial charge in [0, 0.05) is 95.8 Å². The van der Waals surface area contributed by atoms with E-state index in [0.29, 0.717) is 70.9 Å². The van der Waals surface area contributed by atoms with Crippen LogP contribution in [0.25, 0.3) is 0 Å². The molecule has 0 bridgehead atoms. The summed E-state index contributed by atoms with van der Waals surface area (Å²) < 4.78 is 11.1. The van der Waals surface area contributed by atoms with E-state index in [9.17, 15) is 57.5 Å².